The zero-order valence-corrected chi connectivity index (χ0v) is 14.8. The minimum absolute atomic E-state index is 0.200. The van der Waals surface area contributed by atoms with Gasteiger partial charge in [0.15, 0.2) is 5.13 Å². The molecule has 0 bridgehead atoms. The van der Waals surface area contributed by atoms with Gasteiger partial charge in [-0.1, -0.05) is 35.6 Å². The Kier molecular flexibility index (Phi) is 5.65. The summed E-state index contributed by atoms with van der Waals surface area (Å²) in [6.07, 6.45) is 2.27. The number of hydrogen-bond donors (Lipinski definition) is 4. The van der Waals surface area contributed by atoms with Crippen LogP contribution in [0.2, 0.25) is 0 Å². The zero-order valence-electron chi connectivity index (χ0n) is 14.0. The lowest BCUT2D eigenvalue weighted by atomic mass is 9.94. The van der Waals surface area contributed by atoms with Crippen molar-refractivity contribution in [1.29, 1.82) is 0 Å². The highest BCUT2D eigenvalue weighted by Crippen LogP contribution is 2.28. The third-order valence-electron chi connectivity index (χ3n) is 4.27. The molecule has 0 spiro atoms. The normalized spacial score (nSPS) is 11.8. The van der Waals surface area contributed by atoms with Crippen LogP contribution in [0.5, 0.6) is 0 Å². The van der Waals surface area contributed by atoms with Gasteiger partial charge in [-0.3, -0.25) is 0 Å². The number of para-hydroxylation sites is 1. The molecule has 3 aromatic rings. The molecule has 132 valence electrons. The van der Waals surface area contributed by atoms with E-state index in [0.29, 0.717) is 6.42 Å². The summed E-state index contributed by atoms with van der Waals surface area (Å²) < 4.78 is 1.17. The van der Waals surface area contributed by atoms with Gasteiger partial charge < -0.3 is 21.3 Å². The molecular weight excluding hydrogens is 334 g/mol. The minimum atomic E-state index is -0.881. The highest BCUT2D eigenvalue weighted by atomic mass is 32.1. The van der Waals surface area contributed by atoms with Crippen molar-refractivity contribution in [2.75, 3.05) is 18.5 Å². The molecule has 0 saturated heterocycles. The number of aromatic nitrogens is 1. The van der Waals surface area contributed by atoms with E-state index in [9.17, 15) is 10.2 Å². The first kappa shape index (κ1) is 17.8. The fraction of sp³-hybridized carbons (Fsp3) is 0.316. The molecule has 0 aliphatic heterocycles. The number of hydrogen-bond acceptors (Lipinski definition) is 6. The Hall–Kier alpha value is -1.99. The van der Waals surface area contributed by atoms with Crippen LogP contribution in [0, 0.1) is 0 Å². The van der Waals surface area contributed by atoms with Crippen molar-refractivity contribution in [3.63, 3.8) is 0 Å². The maximum Gasteiger partial charge on any atom is 0.188 e. The maximum atomic E-state index is 9.21. The second-order valence-electron chi connectivity index (χ2n) is 6.34. The van der Waals surface area contributed by atoms with Gasteiger partial charge in [-0.2, -0.15) is 0 Å². The number of rotatable bonds is 8. The van der Waals surface area contributed by atoms with E-state index in [4.69, 9.17) is 5.73 Å². The number of anilines is 2. The lowest BCUT2D eigenvalue weighted by Gasteiger charge is -2.24. The van der Waals surface area contributed by atoms with E-state index in [1.807, 2.05) is 30.3 Å². The first-order chi connectivity index (χ1) is 12.1. The first-order valence-electron chi connectivity index (χ1n) is 8.34. The minimum Gasteiger partial charge on any atom is -0.394 e. The monoisotopic (exact) mass is 357 g/mol. The Morgan fingerprint density at radius 2 is 1.76 bits per heavy atom. The van der Waals surface area contributed by atoms with E-state index in [2.05, 4.69) is 28.5 Å². The van der Waals surface area contributed by atoms with E-state index in [0.717, 1.165) is 29.2 Å². The third-order valence-corrected chi connectivity index (χ3v) is 5.22. The van der Waals surface area contributed by atoms with Crippen molar-refractivity contribution in [1.82, 2.24) is 4.98 Å². The second-order valence-corrected chi connectivity index (χ2v) is 7.37. The Labute approximate surface area is 151 Å². The molecule has 25 heavy (non-hydrogen) atoms. The van der Waals surface area contributed by atoms with Crippen LogP contribution in [-0.4, -0.2) is 33.9 Å². The standard InChI is InChI=1S/C19H23N3O2S/c20-19(12-23,13-24)11-3-4-14-7-9-15(10-8-14)21-18-22-16-5-1-2-6-17(16)25-18/h1-2,5-10,23-24H,3-4,11-13,20H2,(H,21,22). The Morgan fingerprint density at radius 1 is 1.04 bits per heavy atom. The molecule has 5 nitrogen and oxygen atoms in total. The van der Waals surface area contributed by atoms with Gasteiger partial charge in [0, 0.05) is 5.69 Å². The average molecular weight is 357 g/mol. The van der Waals surface area contributed by atoms with E-state index >= 15 is 0 Å². The number of aliphatic hydroxyl groups excluding tert-OH is 2. The molecule has 2 aromatic carbocycles. The molecule has 5 N–H and O–H groups in total. The highest BCUT2D eigenvalue weighted by Gasteiger charge is 2.22. The van der Waals surface area contributed by atoms with Crippen molar-refractivity contribution in [3.05, 3.63) is 54.1 Å². The van der Waals surface area contributed by atoms with Gasteiger partial charge in [0.1, 0.15) is 0 Å². The van der Waals surface area contributed by atoms with E-state index in [1.54, 1.807) is 11.3 Å². The van der Waals surface area contributed by atoms with Gasteiger partial charge >= 0.3 is 0 Å². The summed E-state index contributed by atoms with van der Waals surface area (Å²) in [5, 5.41) is 22.6. The predicted octanol–water partition coefficient (Wildman–Crippen LogP) is 3.04. The molecule has 6 heteroatoms. The summed E-state index contributed by atoms with van der Waals surface area (Å²) in [5.41, 5.74) is 8.21. The van der Waals surface area contributed by atoms with Crippen LogP contribution in [0.1, 0.15) is 18.4 Å². The van der Waals surface area contributed by atoms with Gasteiger partial charge in [0.05, 0.1) is 29.0 Å². The number of aliphatic hydroxyl groups is 2. The summed E-state index contributed by atoms with van der Waals surface area (Å²) in [6, 6.07) is 16.3. The average Bonchev–Trinajstić information content (AvgIpc) is 3.05. The number of thiazole rings is 1. The zero-order chi connectivity index (χ0) is 17.7. The van der Waals surface area contributed by atoms with Crippen molar-refractivity contribution in [3.8, 4) is 0 Å². The van der Waals surface area contributed by atoms with Crippen LogP contribution in [0.25, 0.3) is 10.2 Å². The number of fused-ring (bicyclic) bond motifs is 1. The Balaban J connectivity index is 1.57. The van der Waals surface area contributed by atoms with Gasteiger partial charge in [0.25, 0.3) is 0 Å². The van der Waals surface area contributed by atoms with Crippen molar-refractivity contribution in [2.45, 2.75) is 24.8 Å². The first-order valence-corrected chi connectivity index (χ1v) is 9.16. The summed E-state index contributed by atoms with van der Waals surface area (Å²) in [4.78, 5) is 4.57. The molecule has 0 aliphatic carbocycles. The molecule has 3 rings (SSSR count). The topological polar surface area (TPSA) is 91.4 Å². The molecule has 0 saturated carbocycles. The molecule has 0 atom stereocenters. The number of benzene rings is 2. The molecule has 0 fully saturated rings. The third kappa shape index (κ3) is 4.55. The number of aryl methyl sites for hydroxylation is 1. The molecule has 0 unspecified atom stereocenters. The molecule has 1 aromatic heterocycles. The lowest BCUT2D eigenvalue weighted by Crippen LogP contribution is -2.47. The molecule has 0 amide bonds. The largest absolute Gasteiger partial charge is 0.394 e. The fourth-order valence-electron chi connectivity index (χ4n) is 2.66. The maximum absolute atomic E-state index is 9.21. The Bertz CT molecular complexity index is 780. The van der Waals surface area contributed by atoms with E-state index in [-0.39, 0.29) is 13.2 Å². The Morgan fingerprint density at radius 3 is 2.44 bits per heavy atom. The highest BCUT2D eigenvalue weighted by molar-refractivity contribution is 7.22. The van der Waals surface area contributed by atoms with Crippen LogP contribution in [0.4, 0.5) is 10.8 Å². The van der Waals surface area contributed by atoms with Crippen LogP contribution in [0.15, 0.2) is 48.5 Å². The number of nitrogens with one attached hydrogen (secondary N) is 1. The van der Waals surface area contributed by atoms with Gasteiger partial charge in [0.2, 0.25) is 0 Å². The summed E-state index contributed by atoms with van der Waals surface area (Å²) >= 11 is 1.63. The van der Waals surface area contributed by atoms with Crippen LogP contribution in [0.3, 0.4) is 0 Å². The van der Waals surface area contributed by atoms with Crippen LogP contribution < -0.4 is 11.1 Å². The second kappa shape index (κ2) is 7.93. The molecule has 0 radical (unpaired) electrons. The van der Waals surface area contributed by atoms with Crippen molar-refractivity contribution >= 4 is 32.4 Å². The van der Waals surface area contributed by atoms with E-state index in [1.165, 1.54) is 10.3 Å². The summed E-state index contributed by atoms with van der Waals surface area (Å²) in [5.74, 6) is 0. The summed E-state index contributed by atoms with van der Waals surface area (Å²) in [7, 11) is 0. The number of nitrogens with two attached hydrogens (primary N) is 1. The lowest BCUT2D eigenvalue weighted by molar-refractivity contribution is 0.113. The smallest absolute Gasteiger partial charge is 0.188 e. The van der Waals surface area contributed by atoms with Crippen molar-refractivity contribution in [2.24, 2.45) is 5.73 Å². The van der Waals surface area contributed by atoms with E-state index < -0.39 is 5.54 Å². The van der Waals surface area contributed by atoms with Gasteiger partial charge in [-0.15, -0.1) is 0 Å². The van der Waals surface area contributed by atoms with Gasteiger partial charge in [-0.05, 0) is 49.1 Å². The van der Waals surface area contributed by atoms with Crippen molar-refractivity contribution < 1.29 is 10.2 Å². The SMILES string of the molecule is NC(CO)(CO)CCCc1ccc(Nc2nc3ccccc3s2)cc1. The molecule has 0 aliphatic rings. The predicted molar refractivity (Wildman–Crippen MR) is 103 cm³/mol. The molecular formula is C19H23N3O2S. The molecule has 1 heterocycles. The number of nitrogens with zero attached hydrogens (tertiary/aromatic N) is 1. The van der Waals surface area contributed by atoms with Gasteiger partial charge in [-0.25, -0.2) is 4.98 Å². The summed E-state index contributed by atoms with van der Waals surface area (Å²) in [6.45, 7) is -0.400. The van der Waals surface area contributed by atoms with Crippen LogP contribution in [-0.2, 0) is 6.42 Å². The quantitative estimate of drug-likeness (QED) is 0.497. The fourth-order valence-corrected chi connectivity index (χ4v) is 3.54. The van der Waals surface area contributed by atoms with Crippen LogP contribution >= 0.6 is 11.3 Å².